The largest absolute Gasteiger partial charge is 0.397 e. The van der Waals surface area contributed by atoms with Crippen molar-refractivity contribution in [3.63, 3.8) is 0 Å². The Kier molecular flexibility index (Phi) is 5.12. The van der Waals surface area contributed by atoms with Crippen LogP contribution < -0.4 is 10.6 Å². The Morgan fingerprint density at radius 3 is 2.69 bits per heavy atom. The van der Waals surface area contributed by atoms with Crippen LogP contribution in [0.5, 0.6) is 0 Å². The van der Waals surface area contributed by atoms with Gasteiger partial charge in [-0.1, -0.05) is 25.5 Å². The van der Waals surface area contributed by atoms with Crippen molar-refractivity contribution in [2.45, 2.75) is 26.7 Å². The van der Waals surface area contributed by atoms with E-state index in [9.17, 15) is 0 Å². The van der Waals surface area contributed by atoms with Crippen LogP contribution in [-0.2, 0) is 0 Å². The van der Waals surface area contributed by atoms with Gasteiger partial charge in [0.25, 0.3) is 0 Å². The van der Waals surface area contributed by atoms with Crippen LogP contribution in [0.25, 0.3) is 0 Å². The smallest absolute Gasteiger partial charge is 0.0606 e. The fourth-order valence-corrected chi connectivity index (χ4v) is 1.76. The molecule has 0 saturated carbocycles. The van der Waals surface area contributed by atoms with E-state index in [1.807, 2.05) is 25.1 Å². The molecule has 1 aromatic rings. The van der Waals surface area contributed by atoms with Crippen molar-refractivity contribution in [3.05, 3.63) is 23.8 Å². The van der Waals surface area contributed by atoms with Gasteiger partial charge in [-0.3, -0.25) is 0 Å². The lowest BCUT2D eigenvalue weighted by atomic mass is 10.1. The van der Waals surface area contributed by atoms with Gasteiger partial charge in [-0.05, 0) is 25.0 Å². The first-order chi connectivity index (χ1) is 7.70. The summed E-state index contributed by atoms with van der Waals surface area (Å²) in [6.45, 7) is 5.93. The molecular weight excluding hydrogens is 200 g/mol. The van der Waals surface area contributed by atoms with Gasteiger partial charge < -0.3 is 15.7 Å². The Hall–Kier alpha value is -1.22. The zero-order valence-electron chi connectivity index (χ0n) is 10.2. The fraction of sp³-hybridized carbons (Fsp3) is 0.538. The number of nitrogens with two attached hydrogens (primary N) is 1. The summed E-state index contributed by atoms with van der Waals surface area (Å²) in [6.07, 6.45) is 2.26. The third-order valence-corrected chi connectivity index (χ3v) is 2.79. The van der Waals surface area contributed by atoms with Gasteiger partial charge in [-0.2, -0.15) is 0 Å². The number of benzene rings is 1. The molecule has 0 spiro atoms. The lowest BCUT2D eigenvalue weighted by molar-refractivity contribution is 0.301. The molecule has 0 amide bonds. The van der Waals surface area contributed by atoms with Gasteiger partial charge in [0.05, 0.1) is 18.0 Å². The Morgan fingerprint density at radius 1 is 1.31 bits per heavy atom. The Bertz CT molecular complexity index is 326. The third kappa shape index (κ3) is 3.14. The van der Waals surface area contributed by atoms with Crippen molar-refractivity contribution in [1.82, 2.24) is 0 Å². The topological polar surface area (TPSA) is 49.5 Å². The highest BCUT2D eigenvalue weighted by atomic mass is 16.3. The Balaban J connectivity index is 2.86. The van der Waals surface area contributed by atoms with Crippen molar-refractivity contribution in [2.24, 2.45) is 0 Å². The van der Waals surface area contributed by atoms with Gasteiger partial charge in [0.2, 0.25) is 0 Å². The summed E-state index contributed by atoms with van der Waals surface area (Å²) in [7, 11) is 0. The van der Waals surface area contributed by atoms with Crippen LogP contribution in [0.15, 0.2) is 18.2 Å². The number of anilines is 2. The number of nitrogens with zero attached hydrogens (tertiary/aromatic N) is 1. The maximum atomic E-state index is 9.08. The van der Waals surface area contributed by atoms with Crippen LogP contribution in [0.2, 0.25) is 0 Å². The molecule has 0 unspecified atom stereocenters. The second-order valence-electron chi connectivity index (χ2n) is 4.07. The average Bonchev–Trinajstić information content (AvgIpc) is 2.28. The highest BCUT2D eigenvalue weighted by molar-refractivity contribution is 5.70. The van der Waals surface area contributed by atoms with Crippen molar-refractivity contribution in [2.75, 3.05) is 30.3 Å². The molecule has 1 aromatic carbocycles. The zero-order chi connectivity index (χ0) is 12.0. The first kappa shape index (κ1) is 12.8. The number of aliphatic hydroxyl groups excluding tert-OH is 1. The first-order valence-corrected chi connectivity index (χ1v) is 5.91. The molecule has 0 atom stereocenters. The highest BCUT2D eigenvalue weighted by Gasteiger charge is 2.09. The van der Waals surface area contributed by atoms with Crippen LogP contribution in [0.1, 0.15) is 25.3 Å². The van der Waals surface area contributed by atoms with Gasteiger partial charge in [-0.15, -0.1) is 0 Å². The van der Waals surface area contributed by atoms with Gasteiger partial charge >= 0.3 is 0 Å². The summed E-state index contributed by atoms with van der Waals surface area (Å²) in [4.78, 5) is 2.16. The number of rotatable bonds is 6. The quantitative estimate of drug-likeness (QED) is 0.725. The average molecular weight is 222 g/mol. The number of nitrogen functional groups attached to an aromatic ring is 1. The monoisotopic (exact) mass is 222 g/mol. The van der Waals surface area contributed by atoms with Crippen molar-refractivity contribution in [3.8, 4) is 0 Å². The second-order valence-corrected chi connectivity index (χ2v) is 4.07. The number of aliphatic hydroxyl groups is 1. The standard InChI is InChI=1S/C13H22N2O/c1-3-4-8-15(9-10-16)12-7-5-6-11(2)13(12)14/h5-7,16H,3-4,8-10,14H2,1-2H3. The summed E-state index contributed by atoms with van der Waals surface area (Å²) in [6, 6.07) is 6.04. The van der Waals surface area contributed by atoms with Crippen LogP contribution in [-0.4, -0.2) is 24.8 Å². The van der Waals surface area contributed by atoms with E-state index in [1.54, 1.807) is 0 Å². The minimum absolute atomic E-state index is 0.164. The van der Waals surface area contributed by atoms with Crippen LogP contribution in [0.3, 0.4) is 0 Å². The van der Waals surface area contributed by atoms with E-state index < -0.39 is 0 Å². The Morgan fingerprint density at radius 2 is 2.06 bits per heavy atom. The molecule has 16 heavy (non-hydrogen) atoms. The molecular formula is C13H22N2O. The number of unbranched alkanes of at least 4 members (excludes halogenated alkanes) is 1. The van der Waals surface area contributed by atoms with Crippen LogP contribution in [0, 0.1) is 6.92 Å². The summed E-state index contributed by atoms with van der Waals surface area (Å²) in [5, 5.41) is 9.08. The molecule has 0 aliphatic rings. The van der Waals surface area contributed by atoms with Crippen molar-refractivity contribution >= 4 is 11.4 Å². The van der Waals surface area contributed by atoms with Crippen molar-refractivity contribution < 1.29 is 5.11 Å². The minimum Gasteiger partial charge on any atom is -0.397 e. The van der Waals surface area contributed by atoms with Gasteiger partial charge in [-0.25, -0.2) is 0 Å². The second kappa shape index (κ2) is 6.38. The summed E-state index contributed by atoms with van der Waals surface area (Å²) < 4.78 is 0. The lowest BCUT2D eigenvalue weighted by Gasteiger charge is -2.25. The molecule has 0 bridgehead atoms. The molecule has 3 heteroatoms. The molecule has 0 radical (unpaired) electrons. The van der Waals surface area contributed by atoms with E-state index in [0.29, 0.717) is 6.54 Å². The lowest BCUT2D eigenvalue weighted by Crippen LogP contribution is -2.28. The summed E-state index contributed by atoms with van der Waals surface area (Å²) in [5.74, 6) is 0. The van der Waals surface area contributed by atoms with E-state index in [2.05, 4.69) is 11.8 Å². The SMILES string of the molecule is CCCCN(CCO)c1cccc(C)c1N. The van der Waals surface area contributed by atoms with Crippen LogP contribution >= 0.6 is 0 Å². The molecule has 0 aliphatic heterocycles. The van der Waals surface area contributed by atoms with E-state index in [-0.39, 0.29) is 6.61 Å². The molecule has 0 fully saturated rings. The van der Waals surface area contributed by atoms with Gasteiger partial charge in [0.15, 0.2) is 0 Å². The van der Waals surface area contributed by atoms with E-state index in [1.165, 1.54) is 0 Å². The summed E-state index contributed by atoms with van der Waals surface area (Å²) >= 11 is 0. The third-order valence-electron chi connectivity index (χ3n) is 2.79. The normalized spacial score (nSPS) is 10.4. The van der Waals surface area contributed by atoms with E-state index in [0.717, 1.165) is 36.3 Å². The number of aryl methyl sites for hydroxylation is 1. The maximum absolute atomic E-state index is 9.08. The minimum atomic E-state index is 0.164. The molecule has 3 nitrogen and oxygen atoms in total. The van der Waals surface area contributed by atoms with Gasteiger partial charge in [0, 0.05) is 13.1 Å². The van der Waals surface area contributed by atoms with Crippen molar-refractivity contribution in [1.29, 1.82) is 0 Å². The molecule has 0 heterocycles. The number of hydrogen-bond donors (Lipinski definition) is 2. The Labute approximate surface area is 97.9 Å². The number of hydrogen-bond acceptors (Lipinski definition) is 3. The van der Waals surface area contributed by atoms with E-state index in [4.69, 9.17) is 10.8 Å². The van der Waals surface area contributed by atoms with Gasteiger partial charge in [0.1, 0.15) is 0 Å². The molecule has 0 saturated heterocycles. The molecule has 1 rings (SSSR count). The predicted octanol–water partition coefficient (Wildman–Crippen LogP) is 2.18. The molecule has 90 valence electrons. The number of para-hydroxylation sites is 1. The first-order valence-electron chi connectivity index (χ1n) is 5.91. The molecule has 3 N–H and O–H groups in total. The highest BCUT2D eigenvalue weighted by Crippen LogP contribution is 2.26. The zero-order valence-corrected chi connectivity index (χ0v) is 10.2. The molecule has 0 aromatic heterocycles. The molecule has 0 aliphatic carbocycles. The van der Waals surface area contributed by atoms with E-state index >= 15 is 0 Å². The fourth-order valence-electron chi connectivity index (χ4n) is 1.76. The predicted molar refractivity (Wildman–Crippen MR) is 69.8 cm³/mol. The summed E-state index contributed by atoms with van der Waals surface area (Å²) in [5.41, 5.74) is 9.03. The maximum Gasteiger partial charge on any atom is 0.0606 e. The van der Waals surface area contributed by atoms with Crippen LogP contribution in [0.4, 0.5) is 11.4 Å².